The summed E-state index contributed by atoms with van der Waals surface area (Å²) in [4.78, 5) is 20.4. The highest BCUT2D eigenvalue weighted by Crippen LogP contribution is 2.16. The lowest BCUT2D eigenvalue weighted by molar-refractivity contribution is -0.128. The molecule has 1 saturated heterocycles. The van der Waals surface area contributed by atoms with Gasteiger partial charge in [0.15, 0.2) is 5.96 Å². The Balaban J connectivity index is 0.00000529. The molecule has 1 fully saturated rings. The molecule has 0 aromatic heterocycles. The van der Waals surface area contributed by atoms with Gasteiger partial charge in [0.2, 0.25) is 5.91 Å². The molecule has 1 aliphatic heterocycles. The number of likely N-dealkylation sites (tertiary alicyclic amines) is 1. The number of aliphatic imine (C=N–C) groups is 1. The second kappa shape index (κ2) is 13.7. The van der Waals surface area contributed by atoms with E-state index in [0.717, 1.165) is 38.1 Å². The molecule has 1 heterocycles. The Morgan fingerprint density at radius 1 is 1.29 bits per heavy atom. The van der Waals surface area contributed by atoms with E-state index in [0.29, 0.717) is 13.0 Å². The number of hydrogen-bond acceptors (Lipinski definition) is 3. The van der Waals surface area contributed by atoms with Crippen LogP contribution in [0.4, 0.5) is 0 Å². The van der Waals surface area contributed by atoms with Crippen molar-refractivity contribution in [2.45, 2.75) is 52.0 Å². The summed E-state index contributed by atoms with van der Waals surface area (Å²) in [6, 6.07) is 0.719. The molecule has 0 bridgehead atoms. The number of amides is 1. The lowest BCUT2D eigenvalue weighted by atomic mass is 10.0. The standard InChI is InChI=1S/C17H35N5O.HI/c1-5-18-17(20-12-10-16(23)21(3)4)19-11-8-14-22-13-7-6-9-15(22)2;/h15H,5-14H2,1-4H3,(H2,18,19,20);1H. The highest BCUT2D eigenvalue weighted by molar-refractivity contribution is 14.0. The molecule has 142 valence electrons. The van der Waals surface area contributed by atoms with Crippen molar-refractivity contribution in [2.75, 3.05) is 46.8 Å². The number of piperidine rings is 1. The zero-order chi connectivity index (χ0) is 17.1. The molecule has 1 atom stereocenters. The minimum atomic E-state index is 0. The van der Waals surface area contributed by atoms with Gasteiger partial charge in [0, 0.05) is 52.7 Å². The van der Waals surface area contributed by atoms with Gasteiger partial charge in [-0.25, -0.2) is 0 Å². The summed E-state index contributed by atoms with van der Waals surface area (Å²) >= 11 is 0. The first-order valence-electron chi connectivity index (χ1n) is 9.01. The largest absolute Gasteiger partial charge is 0.357 e. The monoisotopic (exact) mass is 453 g/mol. The number of carbonyl (C=O) groups is 1. The van der Waals surface area contributed by atoms with Crippen LogP contribution in [0.2, 0.25) is 0 Å². The third-order valence-electron chi connectivity index (χ3n) is 4.29. The van der Waals surface area contributed by atoms with Gasteiger partial charge in [0.25, 0.3) is 0 Å². The molecule has 0 radical (unpaired) electrons. The Kier molecular flexibility index (Phi) is 13.4. The average molecular weight is 453 g/mol. The van der Waals surface area contributed by atoms with Crippen molar-refractivity contribution in [1.82, 2.24) is 20.4 Å². The number of carbonyl (C=O) groups excluding carboxylic acids is 1. The predicted molar refractivity (Wildman–Crippen MR) is 112 cm³/mol. The molecular weight excluding hydrogens is 417 g/mol. The third kappa shape index (κ3) is 9.66. The molecule has 1 unspecified atom stereocenters. The van der Waals surface area contributed by atoms with Gasteiger partial charge in [-0.1, -0.05) is 6.42 Å². The first-order chi connectivity index (χ1) is 11.0. The van der Waals surface area contributed by atoms with Crippen LogP contribution in [0.5, 0.6) is 0 Å². The molecular formula is C17H36IN5O. The summed E-state index contributed by atoms with van der Waals surface area (Å²) in [5.41, 5.74) is 0. The van der Waals surface area contributed by atoms with Crippen LogP contribution in [-0.2, 0) is 4.79 Å². The van der Waals surface area contributed by atoms with Crippen molar-refractivity contribution in [2.24, 2.45) is 4.99 Å². The minimum absolute atomic E-state index is 0. The van der Waals surface area contributed by atoms with Gasteiger partial charge in [-0.15, -0.1) is 24.0 Å². The third-order valence-corrected chi connectivity index (χ3v) is 4.29. The zero-order valence-electron chi connectivity index (χ0n) is 15.8. The van der Waals surface area contributed by atoms with Crippen LogP contribution in [0.1, 0.15) is 46.0 Å². The van der Waals surface area contributed by atoms with E-state index in [4.69, 9.17) is 0 Å². The number of halogens is 1. The molecule has 6 nitrogen and oxygen atoms in total. The molecule has 0 aromatic carbocycles. The molecule has 2 N–H and O–H groups in total. The van der Waals surface area contributed by atoms with Crippen molar-refractivity contribution in [3.8, 4) is 0 Å². The van der Waals surface area contributed by atoms with Gasteiger partial charge < -0.3 is 20.4 Å². The van der Waals surface area contributed by atoms with Gasteiger partial charge in [-0.3, -0.25) is 9.79 Å². The highest BCUT2D eigenvalue weighted by atomic mass is 127. The smallest absolute Gasteiger partial charge is 0.223 e. The first-order valence-corrected chi connectivity index (χ1v) is 9.01. The quantitative estimate of drug-likeness (QED) is 0.255. The summed E-state index contributed by atoms with van der Waals surface area (Å²) < 4.78 is 0. The summed E-state index contributed by atoms with van der Waals surface area (Å²) in [7, 11) is 3.56. The lowest BCUT2D eigenvalue weighted by Crippen LogP contribution is -2.40. The normalized spacial score (nSPS) is 18.7. The van der Waals surface area contributed by atoms with Crippen molar-refractivity contribution in [3.05, 3.63) is 0 Å². The first kappa shape index (κ1) is 23.4. The van der Waals surface area contributed by atoms with Gasteiger partial charge in [-0.05, 0) is 39.7 Å². The van der Waals surface area contributed by atoms with Crippen LogP contribution in [0.15, 0.2) is 4.99 Å². The number of hydrogen-bond donors (Lipinski definition) is 2. The number of guanidine groups is 1. The maximum absolute atomic E-state index is 11.6. The SMILES string of the molecule is CCNC(=NCCCN1CCCCC1C)NCCC(=O)N(C)C.I. The minimum Gasteiger partial charge on any atom is -0.357 e. The van der Waals surface area contributed by atoms with Crippen LogP contribution in [0.25, 0.3) is 0 Å². The number of nitrogens with one attached hydrogen (secondary N) is 2. The van der Waals surface area contributed by atoms with Gasteiger partial charge in [0.05, 0.1) is 0 Å². The Labute approximate surface area is 164 Å². The summed E-state index contributed by atoms with van der Waals surface area (Å²) in [6.07, 6.45) is 5.60. The van der Waals surface area contributed by atoms with Crippen LogP contribution >= 0.6 is 24.0 Å². The van der Waals surface area contributed by atoms with E-state index in [1.54, 1.807) is 19.0 Å². The second-order valence-electron chi connectivity index (χ2n) is 6.46. The van der Waals surface area contributed by atoms with Crippen LogP contribution in [0, 0.1) is 0 Å². The fourth-order valence-corrected chi connectivity index (χ4v) is 2.81. The van der Waals surface area contributed by atoms with E-state index in [2.05, 4.69) is 34.4 Å². The van der Waals surface area contributed by atoms with E-state index in [1.165, 1.54) is 25.8 Å². The van der Waals surface area contributed by atoms with Crippen molar-refractivity contribution >= 4 is 35.8 Å². The molecule has 1 rings (SSSR count). The Morgan fingerprint density at radius 3 is 2.67 bits per heavy atom. The van der Waals surface area contributed by atoms with E-state index in [9.17, 15) is 4.79 Å². The van der Waals surface area contributed by atoms with Crippen LogP contribution < -0.4 is 10.6 Å². The van der Waals surface area contributed by atoms with Crippen molar-refractivity contribution in [3.63, 3.8) is 0 Å². The van der Waals surface area contributed by atoms with Crippen LogP contribution in [-0.4, -0.2) is 74.5 Å². The molecule has 0 aromatic rings. The van der Waals surface area contributed by atoms with Crippen molar-refractivity contribution in [1.29, 1.82) is 0 Å². The molecule has 0 aliphatic carbocycles. The van der Waals surface area contributed by atoms with Gasteiger partial charge in [-0.2, -0.15) is 0 Å². The van der Waals surface area contributed by atoms with E-state index >= 15 is 0 Å². The molecule has 0 saturated carbocycles. The maximum Gasteiger partial charge on any atom is 0.223 e. The van der Waals surface area contributed by atoms with Crippen molar-refractivity contribution < 1.29 is 4.79 Å². The topological polar surface area (TPSA) is 60.0 Å². The average Bonchev–Trinajstić information content (AvgIpc) is 2.52. The fourth-order valence-electron chi connectivity index (χ4n) is 2.81. The number of nitrogens with zero attached hydrogens (tertiary/aromatic N) is 3. The van der Waals surface area contributed by atoms with E-state index < -0.39 is 0 Å². The molecule has 1 aliphatic rings. The maximum atomic E-state index is 11.6. The predicted octanol–water partition coefficient (Wildman–Crippen LogP) is 1.90. The summed E-state index contributed by atoms with van der Waals surface area (Å²) in [6.45, 7) is 9.01. The molecule has 1 amide bonds. The molecule has 24 heavy (non-hydrogen) atoms. The van der Waals surface area contributed by atoms with Gasteiger partial charge in [0.1, 0.15) is 0 Å². The summed E-state index contributed by atoms with van der Waals surface area (Å²) in [5, 5.41) is 6.46. The van der Waals surface area contributed by atoms with Gasteiger partial charge >= 0.3 is 0 Å². The summed E-state index contributed by atoms with van der Waals surface area (Å²) in [5.74, 6) is 0.943. The van der Waals surface area contributed by atoms with E-state index in [-0.39, 0.29) is 29.9 Å². The Morgan fingerprint density at radius 2 is 2.04 bits per heavy atom. The lowest BCUT2D eigenvalue weighted by Gasteiger charge is -2.33. The zero-order valence-corrected chi connectivity index (χ0v) is 18.1. The Bertz CT molecular complexity index is 376. The molecule has 0 spiro atoms. The highest BCUT2D eigenvalue weighted by Gasteiger charge is 2.16. The molecule has 7 heteroatoms. The second-order valence-corrected chi connectivity index (χ2v) is 6.46. The van der Waals surface area contributed by atoms with Crippen LogP contribution in [0.3, 0.4) is 0 Å². The van der Waals surface area contributed by atoms with E-state index in [1.807, 2.05) is 0 Å². The fraction of sp³-hybridized carbons (Fsp3) is 0.882. The Hall–Kier alpha value is -0.570. The number of rotatable bonds is 8.